The minimum absolute atomic E-state index is 0.00754. The maximum Gasteiger partial charge on any atom is 0.247 e. The standard InChI is InChI=1S/C20H20N4O2S/c21-11-13-12-6-2-1-3-9-17(12)27-20(13)24-18(25)10-16-19(26)23-15-8-5-4-7-14(15)22-16/h4-5,7-8,16,22H,1-3,6,9-10H2,(H,23,26)(H,24,25). The highest BCUT2D eigenvalue weighted by atomic mass is 32.1. The first-order valence-corrected chi connectivity index (χ1v) is 9.98. The van der Waals surface area contributed by atoms with Gasteiger partial charge in [0.1, 0.15) is 17.1 Å². The Morgan fingerprint density at radius 1 is 1.22 bits per heavy atom. The van der Waals surface area contributed by atoms with Gasteiger partial charge in [-0.25, -0.2) is 0 Å². The van der Waals surface area contributed by atoms with E-state index in [1.54, 1.807) is 0 Å². The molecule has 4 rings (SSSR count). The summed E-state index contributed by atoms with van der Waals surface area (Å²) in [5.74, 6) is -0.499. The molecule has 2 aromatic rings. The Hall–Kier alpha value is -2.85. The van der Waals surface area contributed by atoms with Crippen molar-refractivity contribution in [1.29, 1.82) is 5.26 Å². The Kier molecular flexibility index (Phi) is 4.82. The van der Waals surface area contributed by atoms with Gasteiger partial charge in [-0.1, -0.05) is 18.6 Å². The number of fused-ring (bicyclic) bond motifs is 2. The van der Waals surface area contributed by atoms with Crippen molar-refractivity contribution in [3.05, 3.63) is 40.3 Å². The molecule has 0 spiro atoms. The van der Waals surface area contributed by atoms with Crippen LogP contribution in [-0.4, -0.2) is 17.9 Å². The third-order valence-electron chi connectivity index (χ3n) is 5.01. The molecule has 138 valence electrons. The number of nitrogens with one attached hydrogen (secondary N) is 3. The molecular weight excluding hydrogens is 360 g/mol. The lowest BCUT2D eigenvalue weighted by molar-refractivity contribution is -0.122. The number of carbonyl (C=O) groups excluding carboxylic acids is 2. The average molecular weight is 380 g/mol. The average Bonchev–Trinajstić information content (AvgIpc) is 2.82. The van der Waals surface area contributed by atoms with Crippen LogP contribution in [0.4, 0.5) is 16.4 Å². The van der Waals surface area contributed by atoms with Gasteiger partial charge < -0.3 is 16.0 Å². The van der Waals surface area contributed by atoms with E-state index in [9.17, 15) is 14.9 Å². The summed E-state index contributed by atoms with van der Waals surface area (Å²) in [6, 6.07) is 9.02. The van der Waals surface area contributed by atoms with E-state index in [1.807, 2.05) is 24.3 Å². The molecule has 1 aliphatic heterocycles. The molecule has 0 fully saturated rings. The fraction of sp³-hybridized carbons (Fsp3) is 0.350. The first kappa shape index (κ1) is 17.6. The SMILES string of the molecule is N#Cc1c(NC(=O)CC2Nc3ccccc3NC2=O)sc2c1CCCCC2. The predicted molar refractivity (Wildman–Crippen MR) is 106 cm³/mol. The third kappa shape index (κ3) is 3.53. The van der Waals surface area contributed by atoms with E-state index in [1.165, 1.54) is 22.6 Å². The van der Waals surface area contributed by atoms with Crippen molar-refractivity contribution in [2.75, 3.05) is 16.0 Å². The smallest absolute Gasteiger partial charge is 0.247 e. The Bertz CT molecular complexity index is 944. The molecule has 1 aromatic carbocycles. The van der Waals surface area contributed by atoms with Crippen LogP contribution in [0.25, 0.3) is 0 Å². The van der Waals surface area contributed by atoms with Crippen molar-refractivity contribution >= 4 is 39.5 Å². The number of carbonyl (C=O) groups is 2. The Labute approximate surface area is 161 Å². The first-order chi connectivity index (χ1) is 13.2. The molecule has 1 aliphatic carbocycles. The second kappa shape index (κ2) is 7.41. The number of hydrogen-bond donors (Lipinski definition) is 3. The lowest BCUT2D eigenvalue weighted by Gasteiger charge is -2.26. The van der Waals surface area contributed by atoms with Crippen LogP contribution in [0.1, 0.15) is 41.7 Å². The van der Waals surface area contributed by atoms with Crippen molar-refractivity contribution in [1.82, 2.24) is 0 Å². The van der Waals surface area contributed by atoms with Crippen LogP contribution in [-0.2, 0) is 22.4 Å². The zero-order valence-corrected chi connectivity index (χ0v) is 15.6. The molecule has 1 unspecified atom stereocenters. The Morgan fingerprint density at radius 2 is 2.00 bits per heavy atom. The number of benzene rings is 1. The number of nitrogens with zero attached hydrogens (tertiary/aromatic N) is 1. The van der Waals surface area contributed by atoms with Crippen LogP contribution in [0, 0.1) is 11.3 Å². The molecule has 2 amide bonds. The van der Waals surface area contributed by atoms with Crippen molar-refractivity contribution < 1.29 is 9.59 Å². The van der Waals surface area contributed by atoms with E-state index in [4.69, 9.17) is 0 Å². The van der Waals surface area contributed by atoms with Gasteiger partial charge in [0.2, 0.25) is 11.8 Å². The number of rotatable bonds is 3. The van der Waals surface area contributed by atoms with Crippen LogP contribution in [0.15, 0.2) is 24.3 Å². The summed E-state index contributed by atoms with van der Waals surface area (Å²) in [5.41, 5.74) is 3.21. The maximum atomic E-state index is 12.6. The molecule has 0 saturated carbocycles. The van der Waals surface area contributed by atoms with Crippen molar-refractivity contribution in [3.8, 4) is 6.07 Å². The normalized spacial score (nSPS) is 18.2. The predicted octanol–water partition coefficient (Wildman–Crippen LogP) is 3.65. The van der Waals surface area contributed by atoms with Gasteiger partial charge in [-0.15, -0.1) is 11.3 Å². The largest absolute Gasteiger partial charge is 0.372 e. The maximum absolute atomic E-state index is 12.6. The van der Waals surface area contributed by atoms with Gasteiger partial charge in [-0.3, -0.25) is 9.59 Å². The molecule has 7 heteroatoms. The number of nitriles is 1. The minimum Gasteiger partial charge on any atom is -0.372 e. The van der Waals surface area contributed by atoms with Crippen LogP contribution in [0.3, 0.4) is 0 Å². The lowest BCUT2D eigenvalue weighted by Crippen LogP contribution is -2.41. The number of hydrogen-bond acceptors (Lipinski definition) is 5. The number of aryl methyl sites for hydroxylation is 1. The van der Waals surface area contributed by atoms with Crippen LogP contribution < -0.4 is 16.0 Å². The summed E-state index contributed by atoms with van der Waals surface area (Å²) in [7, 11) is 0. The number of amides is 2. The quantitative estimate of drug-likeness (QED) is 0.709. The Morgan fingerprint density at radius 3 is 2.81 bits per heavy atom. The molecule has 27 heavy (non-hydrogen) atoms. The van der Waals surface area contributed by atoms with Crippen LogP contribution in [0.2, 0.25) is 0 Å². The molecular formula is C20H20N4O2S. The highest BCUT2D eigenvalue weighted by molar-refractivity contribution is 7.16. The summed E-state index contributed by atoms with van der Waals surface area (Å²) in [6.45, 7) is 0. The summed E-state index contributed by atoms with van der Waals surface area (Å²) in [5, 5.41) is 19.0. The van der Waals surface area contributed by atoms with Crippen LogP contribution in [0.5, 0.6) is 0 Å². The molecule has 2 heterocycles. The summed E-state index contributed by atoms with van der Waals surface area (Å²) in [4.78, 5) is 26.0. The number of para-hydroxylation sites is 2. The van der Waals surface area contributed by atoms with Gasteiger partial charge >= 0.3 is 0 Å². The molecule has 0 radical (unpaired) electrons. The third-order valence-corrected chi connectivity index (χ3v) is 6.21. The Balaban J connectivity index is 1.48. The zero-order valence-electron chi connectivity index (χ0n) is 14.8. The fourth-order valence-corrected chi connectivity index (χ4v) is 4.90. The van der Waals surface area contributed by atoms with E-state index in [0.717, 1.165) is 36.9 Å². The molecule has 3 N–H and O–H groups in total. The van der Waals surface area contributed by atoms with Crippen LogP contribution >= 0.6 is 11.3 Å². The summed E-state index contributed by atoms with van der Waals surface area (Å²) < 4.78 is 0. The lowest BCUT2D eigenvalue weighted by atomic mass is 10.1. The van der Waals surface area contributed by atoms with Gasteiger partial charge in [0.25, 0.3) is 0 Å². The van der Waals surface area contributed by atoms with Gasteiger partial charge in [0, 0.05) is 4.88 Å². The topological polar surface area (TPSA) is 94.0 Å². The number of thiophene rings is 1. The molecule has 6 nitrogen and oxygen atoms in total. The van der Waals surface area contributed by atoms with Crippen molar-refractivity contribution in [2.24, 2.45) is 0 Å². The van der Waals surface area contributed by atoms with Crippen molar-refractivity contribution in [3.63, 3.8) is 0 Å². The molecule has 0 saturated heterocycles. The van der Waals surface area contributed by atoms with E-state index < -0.39 is 6.04 Å². The van der Waals surface area contributed by atoms with Gasteiger partial charge in [0.05, 0.1) is 23.4 Å². The number of anilines is 3. The molecule has 0 bridgehead atoms. The highest BCUT2D eigenvalue weighted by Crippen LogP contribution is 2.37. The highest BCUT2D eigenvalue weighted by Gasteiger charge is 2.28. The molecule has 1 aromatic heterocycles. The van der Waals surface area contributed by atoms with E-state index in [0.29, 0.717) is 16.3 Å². The van der Waals surface area contributed by atoms with E-state index >= 15 is 0 Å². The zero-order chi connectivity index (χ0) is 18.8. The second-order valence-electron chi connectivity index (χ2n) is 6.86. The minimum atomic E-state index is -0.636. The van der Waals surface area contributed by atoms with E-state index in [-0.39, 0.29) is 18.2 Å². The first-order valence-electron chi connectivity index (χ1n) is 9.16. The summed E-state index contributed by atoms with van der Waals surface area (Å²) in [6.07, 6.45) is 5.25. The van der Waals surface area contributed by atoms with E-state index in [2.05, 4.69) is 22.0 Å². The van der Waals surface area contributed by atoms with Crippen molar-refractivity contribution in [2.45, 2.75) is 44.6 Å². The fourth-order valence-electron chi connectivity index (χ4n) is 3.65. The molecule has 1 atom stereocenters. The van der Waals surface area contributed by atoms with Gasteiger partial charge in [-0.2, -0.15) is 5.26 Å². The summed E-state index contributed by atoms with van der Waals surface area (Å²) >= 11 is 1.50. The molecule has 2 aliphatic rings. The van der Waals surface area contributed by atoms with Gasteiger partial charge in [-0.05, 0) is 43.4 Å². The monoisotopic (exact) mass is 380 g/mol. The second-order valence-corrected chi connectivity index (χ2v) is 7.97. The van der Waals surface area contributed by atoms with Gasteiger partial charge in [0.15, 0.2) is 0 Å².